The average molecular weight is 264 g/mol. The molecule has 1 aromatic rings. The molecule has 0 unspecified atom stereocenters. The van der Waals surface area contributed by atoms with E-state index in [9.17, 15) is 9.59 Å². The van der Waals surface area contributed by atoms with Crippen molar-refractivity contribution in [1.29, 1.82) is 0 Å². The van der Waals surface area contributed by atoms with Crippen LogP contribution in [0.5, 0.6) is 0 Å². The van der Waals surface area contributed by atoms with Gasteiger partial charge in [-0.2, -0.15) is 0 Å². The van der Waals surface area contributed by atoms with Crippen molar-refractivity contribution in [3.8, 4) is 0 Å². The molecule has 0 spiro atoms. The highest BCUT2D eigenvalue weighted by atomic mass is 16.4. The molecular weight excluding hydrogens is 244 g/mol. The smallest absolute Gasteiger partial charge is 0.310 e. The number of carbonyl (C=O) groups is 2. The molecule has 1 amide bonds. The minimum absolute atomic E-state index is 0.0938. The largest absolute Gasteiger partial charge is 0.481 e. The Hall–Kier alpha value is -2.04. The standard InChI is InChI=1S/C14H20N2O3/c1-14(2,13(18)19)9-15-12(17)10-5-7-11(8-6-10)16(3)4/h5-8H,9H2,1-4H3,(H,15,17)(H,18,19). The molecule has 0 saturated carbocycles. The Morgan fingerprint density at radius 2 is 1.74 bits per heavy atom. The molecule has 1 aromatic carbocycles. The lowest BCUT2D eigenvalue weighted by atomic mass is 9.94. The van der Waals surface area contributed by atoms with Gasteiger partial charge in [-0.15, -0.1) is 0 Å². The maximum Gasteiger partial charge on any atom is 0.310 e. The molecule has 5 heteroatoms. The zero-order valence-corrected chi connectivity index (χ0v) is 11.7. The van der Waals surface area contributed by atoms with Gasteiger partial charge in [-0.25, -0.2) is 0 Å². The number of hydrogen-bond donors (Lipinski definition) is 2. The summed E-state index contributed by atoms with van der Waals surface area (Å²) >= 11 is 0. The van der Waals surface area contributed by atoms with Gasteiger partial charge in [0.1, 0.15) is 0 Å². The molecule has 1 rings (SSSR count). The number of nitrogens with zero attached hydrogens (tertiary/aromatic N) is 1. The molecule has 19 heavy (non-hydrogen) atoms. The summed E-state index contributed by atoms with van der Waals surface area (Å²) in [5.74, 6) is -1.20. The Labute approximate surface area is 113 Å². The highest BCUT2D eigenvalue weighted by Gasteiger charge is 2.27. The average Bonchev–Trinajstić information content (AvgIpc) is 2.36. The number of aliphatic carboxylic acids is 1. The predicted octanol–water partition coefficient (Wildman–Crippen LogP) is 1.59. The summed E-state index contributed by atoms with van der Waals surface area (Å²) in [7, 11) is 3.84. The molecule has 0 saturated heterocycles. The molecular formula is C14H20N2O3. The number of hydrogen-bond acceptors (Lipinski definition) is 3. The Kier molecular flexibility index (Phi) is 4.53. The third-order valence-electron chi connectivity index (χ3n) is 2.92. The number of carboxylic acids is 1. The van der Waals surface area contributed by atoms with Gasteiger partial charge in [0.25, 0.3) is 5.91 Å². The van der Waals surface area contributed by atoms with Crippen LogP contribution in [0.3, 0.4) is 0 Å². The lowest BCUT2D eigenvalue weighted by Gasteiger charge is -2.19. The zero-order chi connectivity index (χ0) is 14.6. The summed E-state index contributed by atoms with van der Waals surface area (Å²) < 4.78 is 0. The molecule has 104 valence electrons. The molecule has 0 radical (unpaired) electrons. The first-order valence-corrected chi connectivity index (χ1v) is 6.03. The van der Waals surface area contributed by atoms with Crippen molar-refractivity contribution in [2.45, 2.75) is 13.8 Å². The van der Waals surface area contributed by atoms with E-state index in [1.54, 1.807) is 26.0 Å². The van der Waals surface area contributed by atoms with Gasteiger partial charge in [0, 0.05) is 31.9 Å². The summed E-state index contributed by atoms with van der Waals surface area (Å²) in [6.07, 6.45) is 0. The zero-order valence-electron chi connectivity index (χ0n) is 11.7. The maximum absolute atomic E-state index is 11.9. The third kappa shape index (κ3) is 3.98. The first-order chi connectivity index (χ1) is 8.74. The number of carboxylic acid groups (broad SMARTS) is 1. The van der Waals surface area contributed by atoms with E-state index < -0.39 is 11.4 Å². The number of nitrogens with one attached hydrogen (secondary N) is 1. The lowest BCUT2D eigenvalue weighted by Crippen LogP contribution is -2.38. The molecule has 0 aromatic heterocycles. The van der Waals surface area contributed by atoms with Crippen LogP contribution in [-0.2, 0) is 4.79 Å². The Morgan fingerprint density at radius 3 is 2.16 bits per heavy atom. The number of anilines is 1. The molecule has 0 aliphatic rings. The van der Waals surface area contributed by atoms with Crippen molar-refractivity contribution in [1.82, 2.24) is 5.32 Å². The molecule has 0 atom stereocenters. The van der Waals surface area contributed by atoms with Crippen LogP contribution in [0.4, 0.5) is 5.69 Å². The van der Waals surface area contributed by atoms with Crippen LogP contribution in [0.15, 0.2) is 24.3 Å². The van der Waals surface area contributed by atoms with Gasteiger partial charge in [-0.1, -0.05) is 0 Å². The highest BCUT2D eigenvalue weighted by molar-refractivity contribution is 5.94. The van der Waals surface area contributed by atoms with Gasteiger partial charge in [0.05, 0.1) is 5.41 Å². The van der Waals surface area contributed by atoms with Crippen molar-refractivity contribution >= 4 is 17.6 Å². The molecule has 5 nitrogen and oxygen atoms in total. The summed E-state index contributed by atoms with van der Waals surface area (Å²) in [5.41, 5.74) is 0.549. The van der Waals surface area contributed by atoms with Gasteiger partial charge in [0.2, 0.25) is 0 Å². The second-order valence-electron chi connectivity index (χ2n) is 5.31. The molecule has 0 fully saturated rings. The number of amides is 1. The molecule has 0 bridgehead atoms. The van der Waals surface area contributed by atoms with Crippen LogP contribution < -0.4 is 10.2 Å². The van der Waals surface area contributed by atoms with Crippen molar-refractivity contribution in [2.24, 2.45) is 5.41 Å². The second kappa shape index (κ2) is 5.73. The van der Waals surface area contributed by atoms with Crippen LogP contribution in [0.1, 0.15) is 24.2 Å². The van der Waals surface area contributed by atoms with E-state index in [0.717, 1.165) is 5.69 Å². The molecule has 0 aliphatic heterocycles. The highest BCUT2D eigenvalue weighted by Crippen LogP contribution is 2.15. The quantitative estimate of drug-likeness (QED) is 0.847. The summed E-state index contributed by atoms with van der Waals surface area (Å²) in [4.78, 5) is 24.8. The first kappa shape index (κ1) is 15.0. The summed E-state index contributed by atoms with van der Waals surface area (Å²) in [5, 5.41) is 11.6. The van der Waals surface area contributed by atoms with Gasteiger partial charge in [0.15, 0.2) is 0 Å². The minimum Gasteiger partial charge on any atom is -0.481 e. The Morgan fingerprint density at radius 1 is 1.21 bits per heavy atom. The van der Waals surface area contributed by atoms with Gasteiger partial charge < -0.3 is 15.3 Å². The Bertz CT molecular complexity index is 464. The molecule has 0 aliphatic carbocycles. The lowest BCUT2D eigenvalue weighted by molar-refractivity contribution is -0.146. The first-order valence-electron chi connectivity index (χ1n) is 6.03. The van der Waals surface area contributed by atoms with Crippen LogP contribution in [0, 0.1) is 5.41 Å². The van der Waals surface area contributed by atoms with E-state index in [1.807, 2.05) is 31.1 Å². The predicted molar refractivity (Wildman–Crippen MR) is 74.5 cm³/mol. The van der Waals surface area contributed by atoms with Gasteiger partial charge in [-0.3, -0.25) is 9.59 Å². The van der Waals surface area contributed by atoms with Crippen molar-refractivity contribution in [3.05, 3.63) is 29.8 Å². The van der Waals surface area contributed by atoms with Crippen LogP contribution in [0.25, 0.3) is 0 Å². The third-order valence-corrected chi connectivity index (χ3v) is 2.92. The van der Waals surface area contributed by atoms with Gasteiger partial charge >= 0.3 is 5.97 Å². The monoisotopic (exact) mass is 264 g/mol. The number of rotatable bonds is 5. The normalized spacial score (nSPS) is 10.9. The fraction of sp³-hybridized carbons (Fsp3) is 0.429. The molecule has 0 heterocycles. The topological polar surface area (TPSA) is 69.6 Å². The number of benzene rings is 1. The van der Waals surface area contributed by atoms with Crippen LogP contribution >= 0.6 is 0 Å². The minimum atomic E-state index is -0.973. The molecule has 2 N–H and O–H groups in total. The Balaban J connectivity index is 2.66. The van der Waals surface area contributed by atoms with Crippen LogP contribution in [0.2, 0.25) is 0 Å². The van der Waals surface area contributed by atoms with E-state index in [2.05, 4.69) is 5.32 Å². The SMILES string of the molecule is CN(C)c1ccc(C(=O)NCC(C)(C)C(=O)O)cc1. The van der Waals surface area contributed by atoms with Crippen LogP contribution in [-0.4, -0.2) is 37.6 Å². The summed E-state index contributed by atoms with van der Waals surface area (Å²) in [6.45, 7) is 3.24. The van der Waals surface area contributed by atoms with E-state index in [0.29, 0.717) is 5.56 Å². The van der Waals surface area contributed by atoms with Crippen molar-refractivity contribution in [2.75, 3.05) is 25.5 Å². The fourth-order valence-corrected chi connectivity index (χ4v) is 1.39. The number of carbonyl (C=O) groups excluding carboxylic acids is 1. The van der Waals surface area contributed by atoms with E-state index >= 15 is 0 Å². The van der Waals surface area contributed by atoms with E-state index in [-0.39, 0.29) is 12.5 Å². The van der Waals surface area contributed by atoms with E-state index in [1.165, 1.54) is 0 Å². The van der Waals surface area contributed by atoms with Crippen molar-refractivity contribution in [3.63, 3.8) is 0 Å². The second-order valence-corrected chi connectivity index (χ2v) is 5.31. The maximum atomic E-state index is 11.9. The fourth-order valence-electron chi connectivity index (χ4n) is 1.39. The van der Waals surface area contributed by atoms with Crippen molar-refractivity contribution < 1.29 is 14.7 Å². The van der Waals surface area contributed by atoms with E-state index in [4.69, 9.17) is 5.11 Å². The van der Waals surface area contributed by atoms with Gasteiger partial charge in [-0.05, 0) is 38.1 Å². The summed E-state index contributed by atoms with van der Waals surface area (Å²) in [6, 6.07) is 7.13.